The van der Waals surface area contributed by atoms with Crippen LogP contribution in [0.1, 0.15) is 11.1 Å². The highest BCUT2D eigenvalue weighted by Gasteiger charge is 2.28. The van der Waals surface area contributed by atoms with Crippen LogP contribution in [0.5, 0.6) is 0 Å². The summed E-state index contributed by atoms with van der Waals surface area (Å²) in [6.45, 7) is 1.53. The summed E-state index contributed by atoms with van der Waals surface area (Å²) in [5.74, 6) is -0.536. The first-order valence-corrected chi connectivity index (χ1v) is 10.9. The monoisotopic (exact) mass is 439 g/mol. The summed E-state index contributed by atoms with van der Waals surface area (Å²) >= 11 is 0. The third kappa shape index (κ3) is 5.46. The van der Waals surface area contributed by atoms with Crippen LogP contribution in [0.4, 0.5) is 11.4 Å². The summed E-state index contributed by atoms with van der Waals surface area (Å²) in [6.07, 6.45) is 0. The summed E-state index contributed by atoms with van der Waals surface area (Å²) in [6, 6.07) is 20.6. The van der Waals surface area contributed by atoms with E-state index >= 15 is 0 Å². The van der Waals surface area contributed by atoms with Gasteiger partial charge in [0.1, 0.15) is 6.54 Å². The lowest BCUT2D eigenvalue weighted by molar-refractivity contribution is -0.384. The highest BCUT2D eigenvalue weighted by molar-refractivity contribution is 7.92. The van der Waals surface area contributed by atoms with Gasteiger partial charge >= 0.3 is 0 Å². The molecular weight excluding hydrogens is 418 g/mol. The van der Waals surface area contributed by atoms with E-state index in [-0.39, 0.29) is 22.8 Å². The number of rotatable bonds is 8. The standard InChI is InChI=1S/C22H21N3O5S/c1-17-10-12-21(13-11-17)31(29,30)24(19-8-5-9-20(14-19)25(27)28)16-22(26)23-15-18-6-3-2-4-7-18/h2-14H,15-16H2,1H3,(H,23,26). The Hall–Kier alpha value is -3.72. The number of nitrogens with zero attached hydrogens (tertiary/aromatic N) is 2. The Morgan fingerprint density at radius 2 is 1.68 bits per heavy atom. The second-order valence-corrected chi connectivity index (χ2v) is 8.73. The zero-order valence-corrected chi connectivity index (χ0v) is 17.6. The molecule has 3 rings (SSSR count). The van der Waals surface area contributed by atoms with Crippen LogP contribution in [0, 0.1) is 17.0 Å². The number of benzene rings is 3. The maximum absolute atomic E-state index is 13.3. The lowest BCUT2D eigenvalue weighted by atomic mass is 10.2. The fraction of sp³-hybridized carbons (Fsp3) is 0.136. The third-order valence-electron chi connectivity index (χ3n) is 4.56. The number of anilines is 1. The summed E-state index contributed by atoms with van der Waals surface area (Å²) in [4.78, 5) is 23.1. The fourth-order valence-electron chi connectivity index (χ4n) is 2.90. The average Bonchev–Trinajstić information content (AvgIpc) is 2.77. The molecule has 0 heterocycles. The van der Waals surface area contributed by atoms with E-state index in [0.717, 1.165) is 21.5 Å². The number of hydrogen-bond acceptors (Lipinski definition) is 5. The lowest BCUT2D eigenvalue weighted by Gasteiger charge is -2.24. The van der Waals surface area contributed by atoms with E-state index in [2.05, 4.69) is 5.32 Å². The van der Waals surface area contributed by atoms with Crippen LogP contribution in [0.25, 0.3) is 0 Å². The molecule has 1 amide bonds. The Morgan fingerprint density at radius 3 is 2.32 bits per heavy atom. The SMILES string of the molecule is Cc1ccc(S(=O)(=O)N(CC(=O)NCc2ccccc2)c2cccc([N+](=O)[O-])c2)cc1. The van der Waals surface area contributed by atoms with Gasteiger partial charge in [-0.25, -0.2) is 8.42 Å². The van der Waals surface area contributed by atoms with Crippen molar-refractivity contribution in [2.24, 2.45) is 0 Å². The summed E-state index contributed by atoms with van der Waals surface area (Å²) < 4.78 is 27.5. The maximum Gasteiger partial charge on any atom is 0.271 e. The maximum atomic E-state index is 13.3. The first-order valence-electron chi connectivity index (χ1n) is 9.42. The summed E-state index contributed by atoms with van der Waals surface area (Å²) in [7, 11) is -4.14. The Kier molecular flexibility index (Phi) is 6.66. The number of non-ortho nitro benzene ring substituents is 1. The molecule has 0 saturated carbocycles. The van der Waals surface area contributed by atoms with Crippen molar-refractivity contribution in [2.45, 2.75) is 18.4 Å². The molecule has 0 spiro atoms. The second kappa shape index (κ2) is 9.40. The van der Waals surface area contributed by atoms with Gasteiger partial charge in [-0.05, 0) is 30.7 Å². The second-order valence-electron chi connectivity index (χ2n) is 6.86. The molecule has 0 aromatic heterocycles. The van der Waals surface area contributed by atoms with Gasteiger partial charge in [0.2, 0.25) is 5.91 Å². The van der Waals surface area contributed by atoms with Crippen molar-refractivity contribution in [2.75, 3.05) is 10.8 Å². The molecular formula is C22H21N3O5S. The Morgan fingerprint density at radius 1 is 1.00 bits per heavy atom. The van der Waals surface area contributed by atoms with Crippen molar-refractivity contribution in [1.82, 2.24) is 5.32 Å². The molecule has 0 bridgehead atoms. The van der Waals surface area contributed by atoms with Crippen LogP contribution in [0.2, 0.25) is 0 Å². The van der Waals surface area contributed by atoms with Crippen LogP contribution < -0.4 is 9.62 Å². The molecule has 0 aliphatic heterocycles. The molecule has 8 nitrogen and oxygen atoms in total. The van der Waals surface area contributed by atoms with Gasteiger partial charge < -0.3 is 5.32 Å². The first-order chi connectivity index (χ1) is 14.8. The number of nitrogens with one attached hydrogen (secondary N) is 1. The predicted molar refractivity (Wildman–Crippen MR) is 117 cm³/mol. The van der Waals surface area contributed by atoms with Crippen molar-refractivity contribution in [3.05, 3.63) is 100 Å². The fourth-order valence-corrected chi connectivity index (χ4v) is 4.31. The molecule has 0 unspecified atom stereocenters. The number of hydrogen-bond donors (Lipinski definition) is 1. The molecule has 0 atom stereocenters. The first kappa shape index (κ1) is 22.0. The minimum absolute atomic E-state index is 0.0135. The zero-order chi connectivity index (χ0) is 22.4. The van der Waals surface area contributed by atoms with Gasteiger partial charge in [0.05, 0.1) is 15.5 Å². The van der Waals surface area contributed by atoms with Crippen molar-refractivity contribution in [1.29, 1.82) is 0 Å². The van der Waals surface area contributed by atoms with E-state index < -0.39 is 27.4 Å². The van der Waals surface area contributed by atoms with Gasteiger partial charge in [-0.2, -0.15) is 0 Å². The van der Waals surface area contributed by atoms with Crippen molar-refractivity contribution >= 4 is 27.3 Å². The molecule has 0 fully saturated rings. The van der Waals surface area contributed by atoms with E-state index in [1.165, 1.54) is 30.3 Å². The number of carbonyl (C=O) groups excluding carboxylic acids is 1. The number of nitro groups is 1. The minimum Gasteiger partial charge on any atom is -0.350 e. The van der Waals surface area contributed by atoms with Crippen LogP contribution in [0.15, 0.2) is 83.8 Å². The highest BCUT2D eigenvalue weighted by Crippen LogP contribution is 2.27. The normalized spacial score (nSPS) is 11.0. The molecule has 1 N–H and O–H groups in total. The van der Waals surface area contributed by atoms with Crippen LogP contribution in [-0.4, -0.2) is 25.8 Å². The molecule has 0 aliphatic carbocycles. The summed E-state index contributed by atoms with van der Waals surface area (Å²) in [5.41, 5.74) is 1.50. The van der Waals surface area contributed by atoms with E-state index in [1.54, 1.807) is 12.1 Å². The molecule has 9 heteroatoms. The molecule has 0 aliphatic rings. The van der Waals surface area contributed by atoms with E-state index in [0.29, 0.717) is 0 Å². The van der Waals surface area contributed by atoms with Gasteiger partial charge in [-0.1, -0.05) is 54.1 Å². The minimum atomic E-state index is -4.14. The van der Waals surface area contributed by atoms with E-state index in [1.807, 2.05) is 37.3 Å². The van der Waals surface area contributed by atoms with Crippen molar-refractivity contribution < 1.29 is 18.1 Å². The molecule has 0 radical (unpaired) electrons. The van der Waals surface area contributed by atoms with Crippen molar-refractivity contribution in [3.63, 3.8) is 0 Å². The quantitative estimate of drug-likeness (QED) is 0.427. The lowest BCUT2D eigenvalue weighted by Crippen LogP contribution is -2.40. The molecule has 31 heavy (non-hydrogen) atoms. The molecule has 160 valence electrons. The number of amides is 1. The van der Waals surface area contributed by atoms with Gasteiger partial charge in [0.25, 0.3) is 15.7 Å². The number of nitro benzene ring substituents is 1. The van der Waals surface area contributed by atoms with Crippen LogP contribution in [-0.2, 0) is 21.4 Å². The topological polar surface area (TPSA) is 110 Å². The van der Waals surface area contributed by atoms with Gasteiger partial charge in [0.15, 0.2) is 0 Å². The largest absolute Gasteiger partial charge is 0.350 e. The van der Waals surface area contributed by atoms with E-state index in [9.17, 15) is 23.3 Å². The van der Waals surface area contributed by atoms with E-state index in [4.69, 9.17) is 0 Å². The average molecular weight is 439 g/mol. The summed E-state index contributed by atoms with van der Waals surface area (Å²) in [5, 5.41) is 13.9. The Labute approximate surface area is 180 Å². The molecule has 0 saturated heterocycles. The zero-order valence-electron chi connectivity index (χ0n) is 16.8. The molecule has 3 aromatic rings. The van der Waals surface area contributed by atoms with Crippen LogP contribution >= 0.6 is 0 Å². The molecule has 3 aromatic carbocycles. The van der Waals surface area contributed by atoms with Crippen LogP contribution in [0.3, 0.4) is 0 Å². The van der Waals surface area contributed by atoms with Gasteiger partial charge in [0, 0.05) is 18.7 Å². The third-order valence-corrected chi connectivity index (χ3v) is 6.35. The van der Waals surface area contributed by atoms with Gasteiger partial charge in [-0.15, -0.1) is 0 Å². The predicted octanol–water partition coefficient (Wildman–Crippen LogP) is 3.41. The van der Waals surface area contributed by atoms with Crippen molar-refractivity contribution in [3.8, 4) is 0 Å². The number of aryl methyl sites for hydroxylation is 1. The highest BCUT2D eigenvalue weighted by atomic mass is 32.2. The van der Waals surface area contributed by atoms with Gasteiger partial charge in [-0.3, -0.25) is 19.2 Å². The number of carbonyl (C=O) groups is 1. The smallest absolute Gasteiger partial charge is 0.271 e. The number of sulfonamides is 1. The Balaban J connectivity index is 1.92. The Bertz CT molecular complexity index is 1180.